The number of hydrogen-bond donors (Lipinski definition) is 1. The molecule has 16 heavy (non-hydrogen) atoms. The van der Waals surface area contributed by atoms with Crippen molar-refractivity contribution in [2.24, 2.45) is 10.7 Å². The van der Waals surface area contributed by atoms with E-state index in [0.29, 0.717) is 5.69 Å². The summed E-state index contributed by atoms with van der Waals surface area (Å²) in [5.41, 5.74) is 6.89. The summed E-state index contributed by atoms with van der Waals surface area (Å²) in [5, 5.41) is 10.9. The van der Waals surface area contributed by atoms with Crippen LogP contribution in [0.5, 0.6) is 0 Å². The summed E-state index contributed by atoms with van der Waals surface area (Å²) in [7, 11) is 3.17. The van der Waals surface area contributed by atoms with Crippen LogP contribution < -0.4 is 10.6 Å². The normalized spacial score (nSPS) is 11.3. The van der Waals surface area contributed by atoms with E-state index in [2.05, 4.69) is 4.99 Å². The largest absolute Gasteiger partial charge is 0.370 e. The van der Waals surface area contributed by atoms with Gasteiger partial charge in [0.15, 0.2) is 5.96 Å². The van der Waals surface area contributed by atoms with Gasteiger partial charge in [0.25, 0.3) is 5.69 Å². The zero-order chi connectivity index (χ0) is 12.3. The van der Waals surface area contributed by atoms with Crippen molar-refractivity contribution < 1.29 is 4.92 Å². The van der Waals surface area contributed by atoms with Gasteiger partial charge in [-0.2, -0.15) is 0 Å². The maximum atomic E-state index is 10.9. The van der Waals surface area contributed by atoms with E-state index in [-0.39, 0.29) is 11.6 Å². The summed E-state index contributed by atoms with van der Waals surface area (Å²) in [5.74, 6) is 0.229. The molecule has 6 nitrogen and oxygen atoms in total. The lowest BCUT2D eigenvalue weighted by Crippen LogP contribution is -2.34. The van der Waals surface area contributed by atoms with Crippen molar-refractivity contribution in [1.29, 1.82) is 0 Å². The van der Waals surface area contributed by atoms with Crippen LogP contribution in [0.25, 0.3) is 0 Å². The van der Waals surface area contributed by atoms with Crippen molar-refractivity contribution in [2.45, 2.75) is 6.92 Å². The van der Waals surface area contributed by atoms with Gasteiger partial charge in [-0.05, 0) is 18.6 Å². The van der Waals surface area contributed by atoms with Crippen molar-refractivity contribution in [1.82, 2.24) is 0 Å². The van der Waals surface area contributed by atoms with Gasteiger partial charge in [-0.15, -0.1) is 0 Å². The quantitative estimate of drug-likeness (QED) is 0.353. The standard InChI is InChI=1S/C10H14N4O2/c1-7-4-5-8(9(6-7)14(15)16)13(3)10(11)12-2/h4-6H,1-3H3,(H2,11,12). The van der Waals surface area contributed by atoms with Gasteiger partial charge >= 0.3 is 0 Å². The molecule has 0 fully saturated rings. The minimum Gasteiger partial charge on any atom is -0.370 e. The number of aliphatic imine (C=N–C) groups is 1. The van der Waals surface area contributed by atoms with Crippen LogP contribution in [0.4, 0.5) is 11.4 Å². The molecule has 0 bridgehead atoms. The molecule has 0 aliphatic heterocycles. The number of aryl methyl sites for hydroxylation is 1. The molecule has 0 atom stereocenters. The summed E-state index contributed by atoms with van der Waals surface area (Å²) in [6.07, 6.45) is 0. The average molecular weight is 222 g/mol. The minimum absolute atomic E-state index is 0.0223. The Bertz CT molecular complexity index is 442. The maximum Gasteiger partial charge on any atom is 0.293 e. The molecule has 0 amide bonds. The molecule has 0 unspecified atom stereocenters. The Morgan fingerprint density at radius 3 is 2.69 bits per heavy atom. The second-order valence-corrected chi connectivity index (χ2v) is 3.39. The molecule has 86 valence electrons. The van der Waals surface area contributed by atoms with Gasteiger partial charge in [0.1, 0.15) is 5.69 Å². The fourth-order valence-electron chi connectivity index (χ4n) is 1.34. The number of anilines is 1. The summed E-state index contributed by atoms with van der Waals surface area (Å²) >= 11 is 0. The molecule has 0 aliphatic carbocycles. The Labute approximate surface area is 93.5 Å². The van der Waals surface area contributed by atoms with Gasteiger partial charge in [0, 0.05) is 20.2 Å². The highest BCUT2D eigenvalue weighted by atomic mass is 16.6. The third-order valence-electron chi connectivity index (χ3n) is 2.26. The van der Waals surface area contributed by atoms with Crippen LogP contribution in [0.2, 0.25) is 0 Å². The highest BCUT2D eigenvalue weighted by molar-refractivity contribution is 5.96. The smallest absolute Gasteiger partial charge is 0.293 e. The molecule has 0 aromatic heterocycles. The summed E-state index contributed by atoms with van der Waals surface area (Å²) in [4.78, 5) is 15.7. The number of benzene rings is 1. The second-order valence-electron chi connectivity index (χ2n) is 3.39. The second kappa shape index (κ2) is 4.61. The summed E-state index contributed by atoms with van der Waals surface area (Å²) in [6, 6.07) is 4.96. The van der Waals surface area contributed by atoms with E-state index in [1.807, 2.05) is 0 Å². The number of rotatable bonds is 2. The zero-order valence-electron chi connectivity index (χ0n) is 9.47. The molecule has 0 aliphatic rings. The third kappa shape index (κ3) is 2.28. The van der Waals surface area contributed by atoms with Crippen LogP contribution in [-0.2, 0) is 0 Å². The first-order valence-corrected chi connectivity index (χ1v) is 4.68. The summed E-state index contributed by atoms with van der Waals surface area (Å²) in [6.45, 7) is 1.80. The maximum absolute atomic E-state index is 10.9. The van der Waals surface area contributed by atoms with Crippen molar-refractivity contribution >= 4 is 17.3 Å². The topological polar surface area (TPSA) is 84.8 Å². The van der Waals surface area contributed by atoms with Crippen molar-refractivity contribution in [2.75, 3.05) is 19.0 Å². The Kier molecular flexibility index (Phi) is 3.44. The van der Waals surface area contributed by atoms with Crippen molar-refractivity contribution in [3.05, 3.63) is 33.9 Å². The molecule has 1 aromatic rings. The van der Waals surface area contributed by atoms with Crippen molar-refractivity contribution in [3.63, 3.8) is 0 Å². The van der Waals surface area contributed by atoms with E-state index in [4.69, 9.17) is 5.73 Å². The van der Waals surface area contributed by atoms with Gasteiger partial charge in [0.05, 0.1) is 4.92 Å². The SMILES string of the molecule is CN=C(N)N(C)c1ccc(C)cc1[N+](=O)[O-]. The van der Waals surface area contributed by atoms with Crippen LogP contribution in [-0.4, -0.2) is 25.0 Å². The molecule has 0 saturated heterocycles. The van der Waals surface area contributed by atoms with Crippen molar-refractivity contribution in [3.8, 4) is 0 Å². The highest BCUT2D eigenvalue weighted by Crippen LogP contribution is 2.27. The number of guanidine groups is 1. The van der Waals surface area contributed by atoms with E-state index in [0.717, 1.165) is 5.56 Å². The minimum atomic E-state index is -0.429. The molecule has 0 heterocycles. The molecule has 0 saturated carbocycles. The van der Waals surface area contributed by atoms with Gasteiger partial charge in [-0.3, -0.25) is 15.1 Å². The van der Waals surface area contributed by atoms with E-state index in [9.17, 15) is 10.1 Å². The molecule has 1 aromatic carbocycles. The fourth-order valence-corrected chi connectivity index (χ4v) is 1.34. The fraction of sp³-hybridized carbons (Fsp3) is 0.300. The van der Waals surface area contributed by atoms with Gasteiger partial charge < -0.3 is 10.6 Å². The van der Waals surface area contributed by atoms with Crippen LogP contribution in [0.3, 0.4) is 0 Å². The van der Waals surface area contributed by atoms with Crippen LogP contribution >= 0.6 is 0 Å². The number of nitrogens with two attached hydrogens (primary N) is 1. The first-order chi connectivity index (χ1) is 7.47. The van der Waals surface area contributed by atoms with E-state index in [1.165, 1.54) is 18.0 Å². The van der Waals surface area contributed by atoms with E-state index in [1.54, 1.807) is 26.1 Å². The Hall–Kier alpha value is -2.11. The first kappa shape index (κ1) is 12.0. The van der Waals surface area contributed by atoms with Crippen LogP contribution in [0.1, 0.15) is 5.56 Å². The molecule has 6 heteroatoms. The van der Waals surface area contributed by atoms with E-state index >= 15 is 0 Å². The molecule has 2 N–H and O–H groups in total. The highest BCUT2D eigenvalue weighted by Gasteiger charge is 2.18. The predicted molar refractivity (Wildman–Crippen MR) is 63.8 cm³/mol. The first-order valence-electron chi connectivity index (χ1n) is 4.68. The van der Waals surface area contributed by atoms with Crippen LogP contribution in [0.15, 0.2) is 23.2 Å². The molecule has 0 radical (unpaired) electrons. The Morgan fingerprint density at radius 2 is 2.19 bits per heavy atom. The number of hydrogen-bond acceptors (Lipinski definition) is 3. The van der Waals surface area contributed by atoms with Gasteiger partial charge in [-0.1, -0.05) is 6.07 Å². The lowest BCUT2D eigenvalue weighted by atomic mass is 10.2. The Balaban J connectivity index is 3.28. The van der Waals surface area contributed by atoms with Gasteiger partial charge in [0.2, 0.25) is 0 Å². The molecular weight excluding hydrogens is 208 g/mol. The molecular formula is C10H14N4O2. The number of nitro benzene ring substituents is 1. The monoisotopic (exact) mass is 222 g/mol. The lowest BCUT2D eigenvalue weighted by molar-refractivity contribution is -0.384. The third-order valence-corrected chi connectivity index (χ3v) is 2.26. The molecule has 1 rings (SSSR count). The zero-order valence-corrected chi connectivity index (χ0v) is 9.47. The summed E-state index contributed by atoms with van der Waals surface area (Å²) < 4.78 is 0. The lowest BCUT2D eigenvalue weighted by Gasteiger charge is -2.17. The van der Waals surface area contributed by atoms with E-state index < -0.39 is 4.92 Å². The molecule has 0 spiro atoms. The number of nitro groups is 1. The number of nitrogens with zero attached hydrogens (tertiary/aromatic N) is 3. The Morgan fingerprint density at radius 1 is 1.56 bits per heavy atom. The predicted octanol–water partition coefficient (Wildman–Crippen LogP) is 1.28. The van der Waals surface area contributed by atoms with Crippen LogP contribution in [0, 0.1) is 17.0 Å². The van der Waals surface area contributed by atoms with Gasteiger partial charge in [-0.25, -0.2) is 0 Å². The average Bonchev–Trinajstić information content (AvgIpc) is 2.26.